The van der Waals surface area contributed by atoms with Crippen LogP contribution in [0.5, 0.6) is 0 Å². The number of halogens is 2. The van der Waals surface area contributed by atoms with E-state index >= 15 is 0 Å². The Kier molecular flexibility index (Phi) is 2.88. The van der Waals surface area contributed by atoms with Crippen molar-refractivity contribution in [1.82, 2.24) is 5.32 Å². The van der Waals surface area contributed by atoms with E-state index in [0.717, 1.165) is 0 Å². The molecule has 5 heteroatoms. The minimum Gasteiger partial charge on any atom is -0.377 e. The first-order valence-electron chi connectivity index (χ1n) is 4.51. The van der Waals surface area contributed by atoms with Gasteiger partial charge >= 0.3 is 0 Å². The molecule has 0 aliphatic carbocycles. The molecule has 1 saturated heterocycles. The van der Waals surface area contributed by atoms with E-state index in [0.29, 0.717) is 13.2 Å². The summed E-state index contributed by atoms with van der Waals surface area (Å²) in [5.41, 5.74) is -0.105. The number of hydrogen-bond donors (Lipinski definition) is 1. The predicted molar refractivity (Wildman–Crippen MR) is 53.5 cm³/mol. The lowest BCUT2D eigenvalue weighted by Crippen LogP contribution is -2.48. The van der Waals surface area contributed by atoms with E-state index in [1.165, 1.54) is 18.2 Å². The maximum atomic E-state index is 13.3. The monoisotopic (exact) mass is 229 g/mol. The molecule has 15 heavy (non-hydrogen) atoms. The van der Waals surface area contributed by atoms with Crippen molar-refractivity contribution >= 4 is 17.5 Å². The minimum absolute atomic E-state index is 0.0341. The van der Waals surface area contributed by atoms with Crippen LogP contribution >= 0.6 is 11.6 Å². The lowest BCUT2D eigenvalue weighted by molar-refractivity contribution is -0.00352. The van der Waals surface area contributed by atoms with Gasteiger partial charge in [-0.25, -0.2) is 4.39 Å². The highest BCUT2D eigenvalue weighted by Gasteiger charge is 2.23. The largest absolute Gasteiger partial charge is 0.377 e. The van der Waals surface area contributed by atoms with E-state index in [9.17, 15) is 9.18 Å². The van der Waals surface area contributed by atoms with Crippen LogP contribution in [0.1, 0.15) is 10.4 Å². The summed E-state index contributed by atoms with van der Waals surface area (Å²) in [5.74, 6) is -1.10. The van der Waals surface area contributed by atoms with Gasteiger partial charge in [-0.1, -0.05) is 17.7 Å². The number of benzene rings is 1. The molecule has 0 atom stereocenters. The van der Waals surface area contributed by atoms with Crippen molar-refractivity contribution in [2.24, 2.45) is 0 Å². The number of nitrogens with one attached hydrogen (secondary N) is 1. The first kappa shape index (κ1) is 10.4. The zero-order valence-electron chi connectivity index (χ0n) is 7.80. The third-order valence-corrected chi connectivity index (χ3v) is 2.48. The Morgan fingerprint density at radius 3 is 2.80 bits per heavy atom. The van der Waals surface area contributed by atoms with Gasteiger partial charge < -0.3 is 10.1 Å². The highest BCUT2D eigenvalue weighted by Crippen LogP contribution is 2.19. The second-order valence-electron chi connectivity index (χ2n) is 3.30. The third-order valence-electron chi connectivity index (χ3n) is 2.16. The van der Waals surface area contributed by atoms with Crippen molar-refractivity contribution < 1.29 is 13.9 Å². The zero-order chi connectivity index (χ0) is 10.8. The third kappa shape index (κ3) is 2.11. The lowest BCUT2D eigenvalue weighted by atomic mass is 10.1. The molecule has 1 fully saturated rings. The van der Waals surface area contributed by atoms with Crippen LogP contribution in [-0.2, 0) is 4.74 Å². The van der Waals surface area contributed by atoms with E-state index < -0.39 is 11.7 Å². The van der Waals surface area contributed by atoms with E-state index in [2.05, 4.69) is 5.32 Å². The van der Waals surface area contributed by atoms with Gasteiger partial charge in [0.1, 0.15) is 5.82 Å². The van der Waals surface area contributed by atoms with Gasteiger partial charge in [0.25, 0.3) is 5.91 Å². The van der Waals surface area contributed by atoms with Crippen LogP contribution < -0.4 is 5.32 Å². The Balaban J connectivity index is 2.16. The number of rotatable bonds is 2. The molecular formula is C10H9ClFNO2. The minimum atomic E-state index is -0.611. The SMILES string of the molecule is O=C(NC1COC1)c1c(F)cccc1Cl. The van der Waals surface area contributed by atoms with E-state index in [1.807, 2.05) is 0 Å². The van der Waals surface area contributed by atoms with E-state index in [-0.39, 0.29) is 16.6 Å². The number of carbonyl (C=O) groups excluding carboxylic acids is 1. The summed E-state index contributed by atoms with van der Waals surface area (Å²) >= 11 is 5.74. The van der Waals surface area contributed by atoms with Crippen molar-refractivity contribution in [3.05, 3.63) is 34.6 Å². The van der Waals surface area contributed by atoms with Crippen LogP contribution in [0.3, 0.4) is 0 Å². The Hall–Kier alpha value is -1.13. The molecule has 1 aliphatic rings. The molecule has 1 N–H and O–H groups in total. The van der Waals surface area contributed by atoms with Crippen LogP contribution in [0, 0.1) is 5.82 Å². The Morgan fingerprint density at radius 2 is 2.27 bits per heavy atom. The fourth-order valence-corrected chi connectivity index (χ4v) is 1.54. The molecule has 1 aliphatic heterocycles. The van der Waals surface area contributed by atoms with Crippen LogP contribution in [-0.4, -0.2) is 25.2 Å². The first-order valence-corrected chi connectivity index (χ1v) is 4.89. The van der Waals surface area contributed by atoms with Crippen LogP contribution in [0.4, 0.5) is 4.39 Å². The van der Waals surface area contributed by atoms with Crippen molar-refractivity contribution in [3.8, 4) is 0 Å². The summed E-state index contributed by atoms with van der Waals surface area (Å²) in [7, 11) is 0. The Labute approximate surface area is 91.2 Å². The molecule has 0 radical (unpaired) electrons. The average molecular weight is 230 g/mol. The molecule has 1 amide bonds. The van der Waals surface area contributed by atoms with Crippen molar-refractivity contribution in [3.63, 3.8) is 0 Å². The van der Waals surface area contributed by atoms with Gasteiger partial charge in [-0.05, 0) is 12.1 Å². The molecular weight excluding hydrogens is 221 g/mol. The predicted octanol–water partition coefficient (Wildman–Crippen LogP) is 1.61. The Morgan fingerprint density at radius 1 is 1.53 bits per heavy atom. The second kappa shape index (κ2) is 4.16. The molecule has 1 heterocycles. The molecule has 3 nitrogen and oxygen atoms in total. The second-order valence-corrected chi connectivity index (χ2v) is 3.71. The smallest absolute Gasteiger partial charge is 0.256 e. The molecule has 0 unspecified atom stereocenters. The topological polar surface area (TPSA) is 38.3 Å². The molecule has 80 valence electrons. The lowest BCUT2D eigenvalue weighted by Gasteiger charge is -2.26. The van der Waals surface area contributed by atoms with Crippen molar-refractivity contribution in [2.75, 3.05) is 13.2 Å². The molecule has 0 saturated carbocycles. The summed E-state index contributed by atoms with van der Waals surface area (Å²) in [6, 6.07) is 4.11. The van der Waals surface area contributed by atoms with E-state index in [4.69, 9.17) is 16.3 Å². The van der Waals surface area contributed by atoms with Gasteiger partial charge in [-0.2, -0.15) is 0 Å². The molecule has 1 aromatic rings. The van der Waals surface area contributed by atoms with Gasteiger partial charge in [0, 0.05) is 0 Å². The summed E-state index contributed by atoms with van der Waals surface area (Å²) in [6.07, 6.45) is 0. The summed E-state index contributed by atoms with van der Waals surface area (Å²) < 4.78 is 18.2. The normalized spacial score (nSPS) is 15.9. The highest BCUT2D eigenvalue weighted by atomic mass is 35.5. The van der Waals surface area contributed by atoms with E-state index in [1.54, 1.807) is 0 Å². The number of carbonyl (C=O) groups is 1. The zero-order valence-corrected chi connectivity index (χ0v) is 8.55. The Bertz CT molecular complexity index is 373. The fourth-order valence-electron chi connectivity index (χ4n) is 1.29. The molecule has 0 spiro atoms. The molecule has 0 aromatic heterocycles. The van der Waals surface area contributed by atoms with Gasteiger partial charge in [0.05, 0.1) is 29.8 Å². The van der Waals surface area contributed by atoms with Gasteiger partial charge in [-0.15, -0.1) is 0 Å². The summed E-state index contributed by atoms with van der Waals surface area (Å²) in [5, 5.41) is 2.74. The van der Waals surface area contributed by atoms with Crippen LogP contribution in [0.2, 0.25) is 5.02 Å². The average Bonchev–Trinajstić information content (AvgIpc) is 2.11. The highest BCUT2D eigenvalue weighted by molar-refractivity contribution is 6.33. The van der Waals surface area contributed by atoms with Crippen LogP contribution in [0.15, 0.2) is 18.2 Å². The van der Waals surface area contributed by atoms with Crippen LogP contribution in [0.25, 0.3) is 0 Å². The van der Waals surface area contributed by atoms with Gasteiger partial charge in [0.2, 0.25) is 0 Å². The standard InChI is InChI=1S/C10H9ClFNO2/c11-7-2-1-3-8(12)9(7)10(14)13-6-4-15-5-6/h1-3,6H,4-5H2,(H,13,14). The maximum Gasteiger partial charge on any atom is 0.256 e. The molecule has 0 bridgehead atoms. The maximum absolute atomic E-state index is 13.3. The number of ether oxygens (including phenoxy) is 1. The molecule has 1 aromatic carbocycles. The fraction of sp³-hybridized carbons (Fsp3) is 0.300. The summed E-state index contributed by atoms with van der Waals surface area (Å²) in [6.45, 7) is 0.940. The first-order chi connectivity index (χ1) is 7.18. The van der Waals surface area contributed by atoms with Gasteiger partial charge in [-0.3, -0.25) is 4.79 Å². The van der Waals surface area contributed by atoms with Gasteiger partial charge in [0.15, 0.2) is 0 Å². The quantitative estimate of drug-likeness (QED) is 0.837. The summed E-state index contributed by atoms with van der Waals surface area (Å²) in [4.78, 5) is 11.6. The number of hydrogen-bond acceptors (Lipinski definition) is 2. The van der Waals surface area contributed by atoms with Crippen molar-refractivity contribution in [2.45, 2.75) is 6.04 Å². The van der Waals surface area contributed by atoms with Crippen molar-refractivity contribution in [1.29, 1.82) is 0 Å². The number of amides is 1. The molecule has 2 rings (SSSR count).